The van der Waals surface area contributed by atoms with Gasteiger partial charge in [-0.05, 0) is 49.9 Å². The molecule has 3 N–H and O–H groups in total. The summed E-state index contributed by atoms with van der Waals surface area (Å²) in [5.41, 5.74) is 1.62. The molecule has 3 aromatic heterocycles. The maximum absolute atomic E-state index is 14.0. The molecule has 0 aliphatic carbocycles. The van der Waals surface area contributed by atoms with Crippen LogP contribution in [0.2, 0.25) is 0 Å². The molecule has 1 aromatic carbocycles. The number of methoxy groups -OCH3 is 1. The number of carbonyl (C=O) groups excluding carboxylic acids is 1. The van der Waals surface area contributed by atoms with E-state index in [1.807, 2.05) is 18.2 Å². The molecule has 4 heterocycles. The van der Waals surface area contributed by atoms with E-state index in [9.17, 15) is 22.4 Å². The molecule has 1 saturated heterocycles. The van der Waals surface area contributed by atoms with Gasteiger partial charge in [0.25, 0.3) is 5.56 Å². The van der Waals surface area contributed by atoms with Gasteiger partial charge in [-0.15, -0.1) is 0 Å². The number of pyridine rings is 2. The zero-order valence-electron chi connectivity index (χ0n) is 25.0. The molecular weight excluding hydrogens is 607 g/mol. The number of carbonyl (C=O) groups is 1. The average molecular weight is 641 g/mol. The molecule has 0 radical (unpaired) electrons. The Morgan fingerprint density at radius 3 is 2.64 bits per heavy atom. The van der Waals surface area contributed by atoms with Crippen molar-refractivity contribution in [3.8, 4) is 16.9 Å². The number of aromatic nitrogens is 4. The third-order valence-corrected chi connectivity index (χ3v) is 8.71. The van der Waals surface area contributed by atoms with Crippen LogP contribution in [0.3, 0.4) is 0 Å². The second-order valence-electron chi connectivity index (χ2n) is 10.3. The van der Waals surface area contributed by atoms with Crippen LogP contribution in [0.15, 0.2) is 70.6 Å². The first-order valence-corrected chi connectivity index (χ1v) is 15.4. The van der Waals surface area contributed by atoms with Crippen LogP contribution in [0, 0.1) is 12.9 Å². The first-order chi connectivity index (χ1) is 21.5. The van der Waals surface area contributed by atoms with Gasteiger partial charge in [0.2, 0.25) is 16.0 Å². The number of nitrogens with zero attached hydrogens (tertiary/aromatic N) is 5. The van der Waals surface area contributed by atoms with Crippen molar-refractivity contribution in [3.05, 3.63) is 88.4 Å². The lowest BCUT2D eigenvalue weighted by Crippen LogP contribution is -2.42. The number of hydroxylamine groups is 2. The van der Waals surface area contributed by atoms with Crippen LogP contribution in [-0.2, 0) is 26.6 Å². The van der Waals surface area contributed by atoms with E-state index < -0.39 is 44.6 Å². The smallest absolute Gasteiger partial charge is 0.320 e. The van der Waals surface area contributed by atoms with Crippen molar-refractivity contribution in [2.45, 2.75) is 24.0 Å². The molecule has 2 amide bonds. The number of hydrogen-bond acceptors (Lipinski definition) is 9. The van der Waals surface area contributed by atoms with E-state index in [1.54, 1.807) is 37.3 Å². The fraction of sp³-hybridized carbons (Fsp3) is 0.310. The van der Waals surface area contributed by atoms with Gasteiger partial charge in [-0.2, -0.15) is 14.6 Å². The first-order valence-electron chi connectivity index (χ1n) is 13.9. The zero-order valence-corrected chi connectivity index (χ0v) is 25.8. The van der Waals surface area contributed by atoms with E-state index in [0.717, 1.165) is 4.57 Å². The number of para-hydroxylation sites is 1. The number of sulfonamides is 1. The highest BCUT2D eigenvalue weighted by Gasteiger charge is 2.37. The van der Waals surface area contributed by atoms with Gasteiger partial charge in [-0.1, -0.05) is 18.2 Å². The number of rotatable bonds is 10. The van der Waals surface area contributed by atoms with Crippen molar-refractivity contribution in [1.29, 1.82) is 0 Å². The predicted octanol–water partition coefficient (Wildman–Crippen LogP) is 2.11. The molecule has 1 aliphatic rings. The number of benzene rings is 1. The predicted molar refractivity (Wildman–Crippen MR) is 163 cm³/mol. The molecule has 16 heteroatoms. The molecule has 0 saturated carbocycles. The summed E-state index contributed by atoms with van der Waals surface area (Å²) in [7, 11) is 0.161. The van der Waals surface area contributed by atoms with Crippen LogP contribution < -0.4 is 20.9 Å². The molecule has 4 aromatic rings. The van der Waals surface area contributed by atoms with Crippen LogP contribution >= 0.6 is 0 Å². The second-order valence-corrected chi connectivity index (χ2v) is 12.2. The minimum Gasteiger partial charge on any atom is -0.383 e. The van der Waals surface area contributed by atoms with Crippen LogP contribution in [0.4, 0.5) is 15.0 Å². The minimum atomic E-state index is -4.07. The zero-order chi connectivity index (χ0) is 32.3. The van der Waals surface area contributed by atoms with Crippen LogP contribution in [0.5, 0.6) is 0 Å². The Bertz CT molecular complexity index is 1860. The molecule has 14 nitrogen and oxygen atoms in total. The number of nitrogens with one attached hydrogen (secondary N) is 3. The normalized spacial score (nSPS) is 17.0. The molecule has 0 spiro atoms. The van der Waals surface area contributed by atoms with E-state index >= 15 is 0 Å². The van der Waals surface area contributed by atoms with Gasteiger partial charge in [-0.25, -0.2) is 27.6 Å². The van der Waals surface area contributed by atoms with Crippen LogP contribution in [0.1, 0.15) is 17.2 Å². The fourth-order valence-corrected chi connectivity index (χ4v) is 5.91. The summed E-state index contributed by atoms with van der Waals surface area (Å²) < 4.78 is 49.2. The number of anilines is 1. The minimum absolute atomic E-state index is 0.300. The Hall–Kier alpha value is -4.48. The summed E-state index contributed by atoms with van der Waals surface area (Å²) in [6, 6.07) is 12.0. The quantitative estimate of drug-likeness (QED) is 0.221. The highest BCUT2D eigenvalue weighted by atomic mass is 32.2. The van der Waals surface area contributed by atoms with Gasteiger partial charge in [0, 0.05) is 50.8 Å². The summed E-state index contributed by atoms with van der Waals surface area (Å²) in [6.07, 6.45) is 2.12. The van der Waals surface area contributed by atoms with Crippen molar-refractivity contribution in [2.75, 3.05) is 39.2 Å². The van der Waals surface area contributed by atoms with Crippen LogP contribution in [0.25, 0.3) is 16.9 Å². The first kappa shape index (κ1) is 31.9. The molecule has 0 unspecified atom stereocenters. The molecule has 1 fully saturated rings. The highest BCUT2D eigenvalue weighted by Crippen LogP contribution is 2.32. The Kier molecular flexibility index (Phi) is 9.40. The molecule has 238 valence electrons. The Balaban J connectivity index is 1.50. The SMILES string of the molecule is CNS(=O)(=O)c1cc(-c2nn(-c3ccccc3)c(NC(=O)N[C@@H]3CN(CCOC)O[C@H]3c3ccnc(F)c3)c2C)cn(C)c1=O. The number of hydrogen-bond donors (Lipinski definition) is 3. The Labute approximate surface area is 258 Å². The van der Waals surface area contributed by atoms with Crippen molar-refractivity contribution in [1.82, 2.24) is 34.4 Å². The van der Waals surface area contributed by atoms with Gasteiger partial charge < -0.3 is 14.6 Å². The van der Waals surface area contributed by atoms with Crippen LogP contribution in [-0.4, -0.2) is 78.7 Å². The van der Waals surface area contributed by atoms with Gasteiger partial charge in [-0.3, -0.25) is 14.9 Å². The van der Waals surface area contributed by atoms with E-state index in [4.69, 9.17) is 14.7 Å². The summed E-state index contributed by atoms with van der Waals surface area (Å²) >= 11 is 0. The number of halogens is 1. The lowest BCUT2D eigenvalue weighted by molar-refractivity contribution is -0.154. The Morgan fingerprint density at radius 2 is 1.96 bits per heavy atom. The largest absolute Gasteiger partial charge is 0.383 e. The number of urea groups is 1. The summed E-state index contributed by atoms with van der Waals surface area (Å²) in [5.74, 6) is -0.365. The van der Waals surface area contributed by atoms with Crippen molar-refractivity contribution in [2.24, 2.45) is 7.05 Å². The maximum atomic E-state index is 14.0. The molecule has 45 heavy (non-hydrogen) atoms. The monoisotopic (exact) mass is 640 g/mol. The summed E-state index contributed by atoms with van der Waals surface area (Å²) in [4.78, 5) is 35.4. The van der Waals surface area contributed by atoms with Gasteiger partial charge >= 0.3 is 6.03 Å². The molecule has 1 aliphatic heterocycles. The highest BCUT2D eigenvalue weighted by molar-refractivity contribution is 7.89. The summed E-state index contributed by atoms with van der Waals surface area (Å²) in [6.45, 7) is 2.84. The van der Waals surface area contributed by atoms with Gasteiger partial charge in [0.15, 0.2) is 0 Å². The summed E-state index contributed by atoms with van der Waals surface area (Å²) in [5, 5.41) is 12.2. The molecule has 2 atom stereocenters. The average Bonchev–Trinajstić information content (AvgIpc) is 3.57. The van der Waals surface area contributed by atoms with Crippen molar-refractivity contribution < 1.29 is 27.2 Å². The Morgan fingerprint density at radius 1 is 1.20 bits per heavy atom. The lowest BCUT2D eigenvalue weighted by Gasteiger charge is -2.19. The molecule has 5 rings (SSSR count). The van der Waals surface area contributed by atoms with E-state index in [0.29, 0.717) is 53.6 Å². The topological polar surface area (TPSA) is 162 Å². The van der Waals surface area contributed by atoms with E-state index in [2.05, 4.69) is 20.3 Å². The third-order valence-electron chi connectivity index (χ3n) is 7.31. The maximum Gasteiger partial charge on any atom is 0.320 e. The molecular formula is C29H33FN8O6S. The van der Waals surface area contributed by atoms with E-state index in [1.165, 1.54) is 43.3 Å². The number of ether oxygens (including phenoxy) is 1. The van der Waals surface area contributed by atoms with Crippen molar-refractivity contribution in [3.63, 3.8) is 0 Å². The molecule has 0 bridgehead atoms. The lowest BCUT2D eigenvalue weighted by atomic mass is 10.0. The fourth-order valence-electron chi connectivity index (χ4n) is 5.04. The van der Waals surface area contributed by atoms with Gasteiger partial charge in [0.1, 0.15) is 16.8 Å². The third kappa shape index (κ3) is 6.79. The second kappa shape index (κ2) is 13.3. The van der Waals surface area contributed by atoms with Crippen molar-refractivity contribution >= 4 is 21.9 Å². The number of amides is 2. The standard InChI is InChI=1S/C29H33FN8O6S/c1-18-25(20-14-23(45(41,42)31-2)28(39)36(3)16-20)35-38(21-8-6-5-7-9-21)27(18)34-29(40)33-22-17-37(12-13-43-4)44-26(22)19-10-11-32-24(30)15-19/h5-11,14-16,22,26,31H,12-13,17H2,1-4H3,(H2,33,34,40)/t22-,26+/m1/s1. The number of aryl methyl sites for hydroxylation is 1. The van der Waals surface area contributed by atoms with Gasteiger partial charge in [0.05, 0.1) is 24.0 Å². The van der Waals surface area contributed by atoms with E-state index in [-0.39, 0.29) is 0 Å².